The minimum Gasteiger partial charge on any atom is -0.361 e. The molecule has 148 valence electrons. The van der Waals surface area contributed by atoms with E-state index in [1.807, 2.05) is 16.0 Å². The Labute approximate surface area is 169 Å². The van der Waals surface area contributed by atoms with Gasteiger partial charge in [-0.15, -0.1) is 11.3 Å². The molecular formula is C21H27N5OS. The molecule has 2 aliphatic heterocycles. The van der Waals surface area contributed by atoms with E-state index < -0.39 is 0 Å². The van der Waals surface area contributed by atoms with E-state index in [4.69, 9.17) is 5.73 Å². The molecule has 1 aromatic carbocycles. The summed E-state index contributed by atoms with van der Waals surface area (Å²) in [7, 11) is 0. The Morgan fingerprint density at radius 3 is 2.75 bits per heavy atom. The second kappa shape index (κ2) is 6.74. The molecule has 0 unspecified atom stereocenters. The van der Waals surface area contributed by atoms with E-state index in [1.54, 1.807) is 11.3 Å². The van der Waals surface area contributed by atoms with Gasteiger partial charge in [-0.25, -0.2) is 9.78 Å². The average molecular weight is 398 g/mol. The third kappa shape index (κ3) is 3.06. The number of anilines is 2. The van der Waals surface area contributed by atoms with Crippen LogP contribution in [0.4, 0.5) is 15.6 Å². The largest absolute Gasteiger partial charge is 0.361 e. The maximum absolute atomic E-state index is 12.8. The zero-order valence-electron chi connectivity index (χ0n) is 16.2. The third-order valence-corrected chi connectivity index (χ3v) is 7.39. The van der Waals surface area contributed by atoms with Crippen LogP contribution in [0.15, 0.2) is 30.5 Å². The number of hydrogen-bond donors (Lipinski definition) is 2. The molecule has 3 aliphatic rings. The fourth-order valence-corrected chi connectivity index (χ4v) is 5.25. The van der Waals surface area contributed by atoms with Crippen LogP contribution in [0.2, 0.25) is 0 Å². The molecule has 2 atom stereocenters. The van der Waals surface area contributed by atoms with E-state index in [-0.39, 0.29) is 23.5 Å². The SMILES string of the molecule is Cc1cnc(NCC2(c3ccc(N4C[C@@H]5[C@H](N)CCCN5C4=O)cc3)CC2)s1. The van der Waals surface area contributed by atoms with Gasteiger partial charge in [-0.2, -0.15) is 0 Å². The van der Waals surface area contributed by atoms with Gasteiger partial charge in [0.1, 0.15) is 0 Å². The lowest BCUT2D eigenvalue weighted by molar-refractivity contribution is 0.175. The summed E-state index contributed by atoms with van der Waals surface area (Å²) in [5, 5.41) is 4.50. The van der Waals surface area contributed by atoms with Crippen molar-refractivity contribution in [3.63, 3.8) is 0 Å². The van der Waals surface area contributed by atoms with Crippen molar-refractivity contribution in [1.29, 1.82) is 0 Å². The summed E-state index contributed by atoms with van der Waals surface area (Å²) in [6, 6.07) is 8.95. The fraction of sp³-hybridized carbons (Fsp3) is 0.524. The van der Waals surface area contributed by atoms with Gasteiger partial charge in [-0.1, -0.05) is 12.1 Å². The van der Waals surface area contributed by atoms with Crippen LogP contribution in [-0.2, 0) is 5.41 Å². The fourth-order valence-electron chi connectivity index (χ4n) is 4.59. The molecule has 3 N–H and O–H groups in total. The summed E-state index contributed by atoms with van der Waals surface area (Å²) < 4.78 is 0. The molecule has 3 fully saturated rings. The van der Waals surface area contributed by atoms with Gasteiger partial charge in [0.25, 0.3) is 0 Å². The number of piperidine rings is 1. The van der Waals surface area contributed by atoms with Crippen LogP contribution in [0, 0.1) is 6.92 Å². The van der Waals surface area contributed by atoms with Crippen molar-refractivity contribution in [3.8, 4) is 0 Å². The predicted molar refractivity (Wildman–Crippen MR) is 113 cm³/mol. The highest BCUT2D eigenvalue weighted by atomic mass is 32.1. The van der Waals surface area contributed by atoms with Crippen LogP contribution in [0.3, 0.4) is 0 Å². The van der Waals surface area contributed by atoms with E-state index in [1.165, 1.54) is 23.3 Å². The second-order valence-electron chi connectivity index (χ2n) is 8.42. The summed E-state index contributed by atoms with van der Waals surface area (Å²) in [5.41, 5.74) is 8.79. The molecule has 28 heavy (non-hydrogen) atoms. The standard InChI is InChI=1S/C21H27N5OS/c1-14-11-23-19(28-14)24-13-21(8-9-21)15-4-6-16(7-5-15)26-12-18-17(22)3-2-10-25(18)20(26)27/h4-7,11,17-18H,2-3,8-10,12-13,22H2,1H3,(H,23,24)/t17-,18-/m1/s1. The first-order valence-corrected chi connectivity index (χ1v) is 11.0. The van der Waals surface area contributed by atoms with Gasteiger partial charge in [0.2, 0.25) is 0 Å². The lowest BCUT2D eigenvalue weighted by Gasteiger charge is -2.32. The van der Waals surface area contributed by atoms with E-state index in [0.717, 1.165) is 36.8 Å². The Kier molecular flexibility index (Phi) is 4.32. The number of fused-ring (bicyclic) bond motifs is 1. The highest BCUT2D eigenvalue weighted by Gasteiger charge is 2.45. The van der Waals surface area contributed by atoms with Gasteiger partial charge in [-0.3, -0.25) is 4.90 Å². The zero-order valence-corrected chi connectivity index (χ0v) is 17.0. The van der Waals surface area contributed by atoms with Gasteiger partial charge in [0.15, 0.2) is 5.13 Å². The van der Waals surface area contributed by atoms with Gasteiger partial charge < -0.3 is 16.0 Å². The van der Waals surface area contributed by atoms with Crippen molar-refractivity contribution in [1.82, 2.24) is 9.88 Å². The van der Waals surface area contributed by atoms with Gasteiger partial charge in [0, 0.05) is 47.9 Å². The summed E-state index contributed by atoms with van der Waals surface area (Å²) in [4.78, 5) is 22.3. The van der Waals surface area contributed by atoms with E-state index in [2.05, 4.69) is 41.5 Å². The van der Waals surface area contributed by atoms with Crippen molar-refractivity contribution < 1.29 is 4.79 Å². The Morgan fingerprint density at radius 1 is 1.32 bits per heavy atom. The third-order valence-electron chi connectivity index (χ3n) is 6.52. The van der Waals surface area contributed by atoms with Crippen LogP contribution in [0.1, 0.15) is 36.1 Å². The molecule has 1 aromatic heterocycles. The zero-order chi connectivity index (χ0) is 19.3. The van der Waals surface area contributed by atoms with Crippen LogP contribution >= 0.6 is 11.3 Å². The van der Waals surface area contributed by atoms with E-state index in [9.17, 15) is 4.79 Å². The summed E-state index contributed by atoms with van der Waals surface area (Å²) in [6.07, 6.45) is 6.31. The summed E-state index contributed by atoms with van der Waals surface area (Å²) >= 11 is 1.70. The van der Waals surface area contributed by atoms with Crippen molar-refractivity contribution in [2.24, 2.45) is 5.73 Å². The molecular weight excluding hydrogens is 370 g/mol. The number of benzene rings is 1. The minimum atomic E-state index is 0.0947. The first-order chi connectivity index (χ1) is 13.6. The molecule has 0 bridgehead atoms. The number of carbonyl (C=O) groups is 1. The smallest absolute Gasteiger partial charge is 0.324 e. The Bertz CT molecular complexity index is 875. The van der Waals surface area contributed by atoms with Crippen LogP contribution in [-0.4, -0.2) is 47.6 Å². The first-order valence-electron chi connectivity index (χ1n) is 10.2. The molecule has 0 radical (unpaired) electrons. The number of nitrogens with zero attached hydrogens (tertiary/aromatic N) is 3. The van der Waals surface area contributed by atoms with Crippen LogP contribution < -0.4 is 16.0 Å². The van der Waals surface area contributed by atoms with E-state index in [0.29, 0.717) is 6.54 Å². The van der Waals surface area contributed by atoms with Gasteiger partial charge >= 0.3 is 6.03 Å². The van der Waals surface area contributed by atoms with Crippen LogP contribution in [0.5, 0.6) is 0 Å². The number of urea groups is 1. The molecule has 2 amide bonds. The number of hydrogen-bond acceptors (Lipinski definition) is 5. The van der Waals surface area contributed by atoms with Gasteiger partial charge in [-0.05, 0) is 50.3 Å². The topological polar surface area (TPSA) is 74.5 Å². The van der Waals surface area contributed by atoms with E-state index >= 15 is 0 Å². The molecule has 6 nitrogen and oxygen atoms in total. The number of thiazole rings is 1. The van der Waals surface area contributed by atoms with Crippen molar-refractivity contribution in [2.45, 2.75) is 50.1 Å². The minimum absolute atomic E-state index is 0.0947. The molecule has 3 heterocycles. The van der Waals surface area contributed by atoms with Crippen molar-refractivity contribution in [2.75, 3.05) is 29.9 Å². The Morgan fingerprint density at radius 2 is 2.11 bits per heavy atom. The Hall–Kier alpha value is -2.12. The molecule has 1 saturated carbocycles. The molecule has 2 aromatic rings. The number of amides is 2. The number of aryl methyl sites for hydroxylation is 1. The maximum atomic E-state index is 12.8. The lowest BCUT2D eigenvalue weighted by atomic mass is 9.95. The Balaban J connectivity index is 1.29. The highest BCUT2D eigenvalue weighted by molar-refractivity contribution is 7.15. The molecule has 7 heteroatoms. The number of nitrogens with two attached hydrogens (primary N) is 1. The maximum Gasteiger partial charge on any atom is 0.324 e. The molecule has 1 aliphatic carbocycles. The van der Waals surface area contributed by atoms with Crippen LogP contribution in [0.25, 0.3) is 0 Å². The van der Waals surface area contributed by atoms with Crippen molar-refractivity contribution >= 4 is 28.2 Å². The number of nitrogens with one attached hydrogen (secondary N) is 1. The highest BCUT2D eigenvalue weighted by Crippen LogP contribution is 2.48. The molecule has 0 spiro atoms. The van der Waals surface area contributed by atoms with Crippen molar-refractivity contribution in [3.05, 3.63) is 40.9 Å². The predicted octanol–water partition coefficient (Wildman–Crippen LogP) is 3.33. The quantitative estimate of drug-likeness (QED) is 0.812. The average Bonchev–Trinajstić information content (AvgIpc) is 3.26. The summed E-state index contributed by atoms with van der Waals surface area (Å²) in [6.45, 7) is 4.52. The first kappa shape index (κ1) is 17.9. The second-order valence-corrected chi connectivity index (χ2v) is 9.65. The number of rotatable bonds is 5. The van der Waals surface area contributed by atoms with Gasteiger partial charge in [0.05, 0.1) is 6.04 Å². The summed E-state index contributed by atoms with van der Waals surface area (Å²) in [5.74, 6) is 0. The molecule has 2 saturated heterocycles. The molecule has 5 rings (SSSR count). The number of carbonyl (C=O) groups excluding carboxylic acids is 1. The monoisotopic (exact) mass is 397 g/mol. The normalized spacial score (nSPS) is 25.7. The lowest BCUT2D eigenvalue weighted by Crippen LogP contribution is -2.50. The number of aromatic nitrogens is 1.